The number of hydrogen-bond acceptors (Lipinski definition) is 7. The third-order valence-corrected chi connectivity index (χ3v) is 4.56. The minimum atomic E-state index is 0.294. The van der Waals surface area contributed by atoms with E-state index < -0.39 is 0 Å². The Hall–Kier alpha value is -3.13. The number of rotatable bonds is 3. The van der Waals surface area contributed by atoms with Gasteiger partial charge in [-0.05, 0) is 25.0 Å². The molecule has 8 heteroatoms. The van der Waals surface area contributed by atoms with Crippen LogP contribution in [0.4, 0.5) is 5.95 Å². The first-order valence-electron chi connectivity index (χ1n) is 8.20. The van der Waals surface area contributed by atoms with E-state index in [1.165, 1.54) is 0 Å². The van der Waals surface area contributed by atoms with Crippen molar-refractivity contribution in [1.29, 1.82) is 0 Å². The summed E-state index contributed by atoms with van der Waals surface area (Å²) in [6, 6.07) is 4.65. The summed E-state index contributed by atoms with van der Waals surface area (Å²) in [4.78, 5) is 17.3. The number of hydrogen-bond donors (Lipinski definition) is 2. The highest BCUT2D eigenvalue weighted by molar-refractivity contribution is 5.84. The van der Waals surface area contributed by atoms with Crippen LogP contribution in [0.25, 0.3) is 27.8 Å². The average molecular weight is 332 g/mol. The molecule has 0 amide bonds. The number of anilines is 1. The van der Waals surface area contributed by atoms with Gasteiger partial charge in [0, 0.05) is 48.0 Å². The predicted octanol–water partition coefficient (Wildman–Crippen LogP) is 1.64. The van der Waals surface area contributed by atoms with E-state index in [-0.39, 0.29) is 0 Å². The lowest BCUT2D eigenvalue weighted by atomic mass is 9.88. The zero-order valence-corrected chi connectivity index (χ0v) is 13.4. The lowest BCUT2D eigenvalue weighted by Gasteiger charge is -2.32. The normalized spacial score (nSPS) is 19.9. The van der Waals surface area contributed by atoms with E-state index in [2.05, 4.69) is 30.4 Å². The van der Waals surface area contributed by atoms with E-state index in [0.717, 1.165) is 35.0 Å². The van der Waals surface area contributed by atoms with Crippen molar-refractivity contribution >= 4 is 22.6 Å². The quantitative estimate of drug-likeness (QED) is 0.587. The summed E-state index contributed by atoms with van der Waals surface area (Å²) < 4.78 is 1.82. The van der Waals surface area contributed by atoms with Crippen molar-refractivity contribution in [3.63, 3.8) is 0 Å². The van der Waals surface area contributed by atoms with Crippen molar-refractivity contribution in [3.8, 4) is 11.1 Å². The van der Waals surface area contributed by atoms with Crippen LogP contribution in [0, 0.1) is 0 Å². The molecule has 4 heterocycles. The van der Waals surface area contributed by atoms with Gasteiger partial charge in [-0.3, -0.25) is 4.98 Å². The first-order valence-corrected chi connectivity index (χ1v) is 8.20. The summed E-state index contributed by atoms with van der Waals surface area (Å²) in [5.41, 5.74) is 10.1. The summed E-state index contributed by atoms with van der Waals surface area (Å²) in [5.74, 6) is 0.619. The molecule has 0 radical (unpaired) electrons. The molecule has 0 saturated heterocycles. The number of nitrogens with one attached hydrogen (secondary N) is 1. The Morgan fingerprint density at radius 3 is 2.84 bits per heavy atom. The van der Waals surface area contributed by atoms with Crippen LogP contribution in [0.5, 0.6) is 0 Å². The van der Waals surface area contributed by atoms with Crippen molar-refractivity contribution in [2.45, 2.75) is 24.9 Å². The molecule has 4 aromatic rings. The maximum absolute atomic E-state index is 5.82. The first kappa shape index (κ1) is 14.2. The molecule has 5 rings (SSSR count). The van der Waals surface area contributed by atoms with E-state index in [0.29, 0.717) is 23.7 Å². The monoisotopic (exact) mass is 332 g/mol. The average Bonchev–Trinajstić information content (AvgIpc) is 3.03. The molecular weight excluding hydrogens is 316 g/mol. The van der Waals surface area contributed by atoms with Gasteiger partial charge in [0.2, 0.25) is 5.95 Å². The van der Waals surface area contributed by atoms with Crippen LogP contribution in [0.15, 0.2) is 43.1 Å². The molecule has 25 heavy (non-hydrogen) atoms. The third-order valence-electron chi connectivity index (χ3n) is 4.56. The maximum atomic E-state index is 5.82. The largest absolute Gasteiger partial charge is 0.350 e. The lowest BCUT2D eigenvalue weighted by molar-refractivity contribution is 0.371. The van der Waals surface area contributed by atoms with Crippen molar-refractivity contribution in [2.75, 3.05) is 5.32 Å². The Balaban J connectivity index is 1.50. The molecule has 4 aromatic heterocycles. The Kier molecular flexibility index (Phi) is 3.10. The van der Waals surface area contributed by atoms with Gasteiger partial charge >= 0.3 is 0 Å². The molecule has 1 saturated carbocycles. The molecule has 0 unspecified atom stereocenters. The topological polar surface area (TPSA) is 107 Å². The molecule has 0 atom stereocenters. The van der Waals surface area contributed by atoms with E-state index >= 15 is 0 Å². The summed E-state index contributed by atoms with van der Waals surface area (Å²) >= 11 is 0. The van der Waals surface area contributed by atoms with Crippen LogP contribution >= 0.6 is 0 Å². The lowest BCUT2D eigenvalue weighted by Crippen LogP contribution is -2.44. The van der Waals surface area contributed by atoms with Crippen molar-refractivity contribution in [1.82, 2.24) is 29.5 Å². The molecule has 0 spiro atoms. The molecule has 3 N–H and O–H groups in total. The highest BCUT2D eigenvalue weighted by atomic mass is 15.3. The van der Waals surface area contributed by atoms with E-state index in [9.17, 15) is 0 Å². The van der Waals surface area contributed by atoms with E-state index in [4.69, 9.17) is 5.73 Å². The van der Waals surface area contributed by atoms with Crippen LogP contribution in [-0.2, 0) is 0 Å². The number of pyridine rings is 1. The van der Waals surface area contributed by atoms with Gasteiger partial charge in [-0.2, -0.15) is 0 Å². The maximum Gasteiger partial charge on any atom is 0.241 e. The van der Waals surface area contributed by atoms with Gasteiger partial charge in [0.25, 0.3) is 0 Å². The van der Waals surface area contributed by atoms with Crippen LogP contribution in [-0.4, -0.2) is 41.6 Å². The third kappa shape index (κ3) is 2.47. The van der Waals surface area contributed by atoms with Gasteiger partial charge in [0.05, 0.1) is 11.7 Å². The van der Waals surface area contributed by atoms with Crippen LogP contribution in [0.2, 0.25) is 0 Å². The van der Waals surface area contributed by atoms with Crippen LogP contribution in [0.3, 0.4) is 0 Å². The molecular formula is C17H16N8. The number of nitrogens with zero attached hydrogens (tertiary/aromatic N) is 6. The number of aromatic nitrogens is 6. The molecule has 0 bridgehead atoms. The Morgan fingerprint density at radius 1 is 1.08 bits per heavy atom. The Labute approximate surface area is 143 Å². The predicted molar refractivity (Wildman–Crippen MR) is 93.9 cm³/mol. The fourth-order valence-corrected chi connectivity index (χ4v) is 3.18. The molecule has 8 nitrogen and oxygen atoms in total. The van der Waals surface area contributed by atoms with Crippen molar-refractivity contribution < 1.29 is 0 Å². The second-order valence-corrected chi connectivity index (χ2v) is 6.34. The second-order valence-electron chi connectivity index (χ2n) is 6.34. The van der Waals surface area contributed by atoms with Gasteiger partial charge in [-0.1, -0.05) is 0 Å². The molecule has 124 valence electrons. The minimum Gasteiger partial charge on any atom is -0.350 e. The van der Waals surface area contributed by atoms with Gasteiger partial charge in [0.15, 0.2) is 5.65 Å². The number of nitrogens with two attached hydrogens (primary N) is 1. The summed E-state index contributed by atoms with van der Waals surface area (Å²) in [5, 5.41) is 7.86. The minimum absolute atomic E-state index is 0.294. The smallest absolute Gasteiger partial charge is 0.241 e. The van der Waals surface area contributed by atoms with Crippen molar-refractivity contribution in [2.24, 2.45) is 5.73 Å². The fraction of sp³-hybridized carbons (Fsp3) is 0.235. The van der Waals surface area contributed by atoms with Gasteiger partial charge in [-0.15, -0.1) is 5.10 Å². The fourth-order valence-electron chi connectivity index (χ4n) is 3.18. The Morgan fingerprint density at radius 2 is 1.96 bits per heavy atom. The van der Waals surface area contributed by atoms with Crippen molar-refractivity contribution in [3.05, 3.63) is 43.1 Å². The molecule has 1 fully saturated rings. The van der Waals surface area contributed by atoms with Crippen LogP contribution < -0.4 is 11.1 Å². The summed E-state index contributed by atoms with van der Waals surface area (Å²) in [7, 11) is 0. The second kappa shape index (κ2) is 5.45. The highest BCUT2D eigenvalue weighted by Gasteiger charge is 2.26. The molecule has 0 aliphatic heterocycles. The molecule has 1 aliphatic carbocycles. The molecule has 0 aromatic carbocycles. The van der Waals surface area contributed by atoms with E-state index in [1.54, 1.807) is 18.6 Å². The van der Waals surface area contributed by atoms with E-state index in [1.807, 2.05) is 29.0 Å². The zero-order chi connectivity index (χ0) is 16.8. The molecule has 1 aliphatic rings. The number of fused-ring (bicyclic) bond motifs is 2. The first-order chi connectivity index (χ1) is 12.3. The summed E-state index contributed by atoms with van der Waals surface area (Å²) in [6.45, 7) is 0. The standard InChI is InChI=1S/C17H16N8/c18-11-6-12(7-11)23-17-22-9-15-13(1-4-25(15)24-17)10-5-14-16(21-8-10)20-3-2-19-14/h1-5,8-9,11-12H,6-7,18H2,(H,23,24)/t11-,12-. The Bertz CT molecular complexity index is 1070. The van der Waals surface area contributed by atoms with Crippen LogP contribution in [0.1, 0.15) is 12.8 Å². The summed E-state index contributed by atoms with van der Waals surface area (Å²) in [6.07, 6.45) is 10.8. The van der Waals surface area contributed by atoms with Gasteiger partial charge in [0.1, 0.15) is 5.52 Å². The SMILES string of the molecule is N[C@H]1C[C@H](Nc2ncc3c(-c4cnc5nccnc5c4)ccn3n2)C1. The van der Waals surface area contributed by atoms with Gasteiger partial charge in [-0.25, -0.2) is 19.5 Å². The van der Waals surface area contributed by atoms with Gasteiger partial charge < -0.3 is 11.1 Å². The highest BCUT2D eigenvalue weighted by Crippen LogP contribution is 2.27. The zero-order valence-electron chi connectivity index (χ0n) is 13.4.